The minimum absolute atomic E-state index is 0.0180. The summed E-state index contributed by atoms with van der Waals surface area (Å²) in [7, 11) is 0. The summed E-state index contributed by atoms with van der Waals surface area (Å²) in [5, 5.41) is 11.4. The zero-order valence-corrected chi connectivity index (χ0v) is 18.8. The normalized spacial score (nSPS) is 16.7. The minimum atomic E-state index is -0.626. The van der Waals surface area contributed by atoms with Gasteiger partial charge in [-0.3, -0.25) is 14.9 Å². The van der Waals surface area contributed by atoms with E-state index in [1.54, 1.807) is 16.8 Å². The monoisotopic (exact) mass is 448 g/mol. The SMILES string of the molecule is CC(C)n1nc(-c2ccc(CC(=O)Nc3cc(C4CC5(CC5)C4)no3)cc2)c(C(N)=O)c1N. The molecule has 0 bridgehead atoms. The second-order valence-electron chi connectivity index (χ2n) is 9.65. The van der Waals surface area contributed by atoms with Gasteiger partial charge in [0.05, 0.1) is 12.1 Å². The number of nitrogens with two attached hydrogens (primary N) is 2. The Morgan fingerprint density at radius 2 is 1.94 bits per heavy atom. The molecule has 9 nitrogen and oxygen atoms in total. The minimum Gasteiger partial charge on any atom is -0.383 e. The van der Waals surface area contributed by atoms with Crippen LogP contribution in [0.15, 0.2) is 34.9 Å². The first-order valence-electron chi connectivity index (χ1n) is 11.3. The van der Waals surface area contributed by atoms with Crippen LogP contribution in [0.2, 0.25) is 0 Å². The van der Waals surface area contributed by atoms with E-state index in [-0.39, 0.29) is 29.8 Å². The maximum absolute atomic E-state index is 12.5. The predicted octanol–water partition coefficient (Wildman–Crippen LogP) is 3.64. The van der Waals surface area contributed by atoms with Gasteiger partial charge in [-0.05, 0) is 50.5 Å². The average molecular weight is 449 g/mol. The molecule has 5 rings (SSSR count). The van der Waals surface area contributed by atoms with E-state index in [1.165, 1.54) is 25.7 Å². The summed E-state index contributed by atoms with van der Waals surface area (Å²) in [6, 6.07) is 9.06. The van der Waals surface area contributed by atoms with Gasteiger partial charge in [-0.2, -0.15) is 5.10 Å². The second-order valence-corrected chi connectivity index (χ2v) is 9.65. The third-order valence-electron chi connectivity index (χ3n) is 6.80. The molecule has 0 aliphatic heterocycles. The number of benzene rings is 1. The smallest absolute Gasteiger partial charge is 0.254 e. The number of primary amides is 1. The van der Waals surface area contributed by atoms with Crippen LogP contribution < -0.4 is 16.8 Å². The van der Waals surface area contributed by atoms with Crippen molar-refractivity contribution in [2.24, 2.45) is 11.1 Å². The van der Waals surface area contributed by atoms with E-state index in [9.17, 15) is 9.59 Å². The van der Waals surface area contributed by atoms with Gasteiger partial charge in [0.1, 0.15) is 17.1 Å². The fraction of sp³-hybridized carbons (Fsp3) is 0.417. The van der Waals surface area contributed by atoms with Crippen molar-refractivity contribution in [3.05, 3.63) is 47.2 Å². The lowest BCUT2D eigenvalue weighted by atomic mass is 9.70. The van der Waals surface area contributed by atoms with Crippen LogP contribution in [0, 0.1) is 5.41 Å². The second kappa shape index (κ2) is 7.75. The van der Waals surface area contributed by atoms with Crippen LogP contribution in [0.4, 0.5) is 11.7 Å². The van der Waals surface area contributed by atoms with Crippen molar-refractivity contribution < 1.29 is 14.1 Å². The number of hydrogen-bond acceptors (Lipinski definition) is 6. The largest absolute Gasteiger partial charge is 0.383 e. The number of hydrogen-bond donors (Lipinski definition) is 3. The maximum atomic E-state index is 12.5. The lowest BCUT2D eigenvalue weighted by molar-refractivity contribution is -0.115. The molecule has 9 heteroatoms. The Bertz CT molecular complexity index is 1210. The van der Waals surface area contributed by atoms with Crippen LogP contribution in [0.3, 0.4) is 0 Å². The third-order valence-corrected chi connectivity index (χ3v) is 6.80. The Balaban J connectivity index is 1.24. The van der Waals surface area contributed by atoms with Crippen LogP contribution >= 0.6 is 0 Å². The van der Waals surface area contributed by atoms with Crippen molar-refractivity contribution in [1.29, 1.82) is 0 Å². The van der Waals surface area contributed by atoms with Gasteiger partial charge < -0.3 is 16.0 Å². The zero-order valence-electron chi connectivity index (χ0n) is 18.8. The van der Waals surface area contributed by atoms with Gasteiger partial charge in [-0.1, -0.05) is 29.4 Å². The molecule has 172 valence electrons. The van der Waals surface area contributed by atoms with E-state index in [1.807, 2.05) is 32.0 Å². The van der Waals surface area contributed by atoms with Crippen molar-refractivity contribution in [2.75, 3.05) is 11.1 Å². The van der Waals surface area contributed by atoms with Crippen LogP contribution in [-0.2, 0) is 11.2 Å². The van der Waals surface area contributed by atoms with Gasteiger partial charge in [-0.15, -0.1) is 0 Å². The first-order chi connectivity index (χ1) is 15.7. The lowest BCUT2D eigenvalue weighted by Crippen LogP contribution is -2.23. The number of carbonyl (C=O) groups excluding carboxylic acids is 2. The van der Waals surface area contributed by atoms with Gasteiger partial charge in [-0.25, -0.2) is 4.68 Å². The Labute approximate surface area is 191 Å². The first-order valence-corrected chi connectivity index (χ1v) is 11.3. The molecule has 0 radical (unpaired) electrons. The highest BCUT2D eigenvalue weighted by atomic mass is 16.5. The van der Waals surface area contributed by atoms with Gasteiger partial charge in [0.15, 0.2) is 0 Å². The average Bonchev–Trinajstić information content (AvgIpc) is 3.29. The van der Waals surface area contributed by atoms with Crippen molar-refractivity contribution in [3.63, 3.8) is 0 Å². The molecule has 0 atom stereocenters. The molecule has 2 aromatic heterocycles. The molecule has 2 aliphatic rings. The summed E-state index contributed by atoms with van der Waals surface area (Å²) < 4.78 is 6.90. The quantitative estimate of drug-likeness (QED) is 0.504. The highest BCUT2D eigenvalue weighted by Crippen LogP contribution is 2.66. The number of nitrogen functional groups attached to an aromatic ring is 1. The van der Waals surface area contributed by atoms with Crippen LogP contribution in [0.5, 0.6) is 0 Å². The van der Waals surface area contributed by atoms with Gasteiger partial charge in [0.2, 0.25) is 11.8 Å². The molecule has 3 aromatic rings. The highest BCUT2D eigenvalue weighted by molar-refractivity contribution is 6.03. The predicted molar refractivity (Wildman–Crippen MR) is 123 cm³/mol. The Kier molecular flexibility index (Phi) is 4.99. The molecule has 2 aliphatic carbocycles. The molecular weight excluding hydrogens is 420 g/mol. The molecular formula is C24H28N6O3. The van der Waals surface area contributed by atoms with E-state index in [4.69, 9.17) is 16.0 Å². The molecule has 1 spiro atoms. The van der Waals surface area contributed by atoms with E-state index < -0.39 is 5.91 Å². The molecule has 2 fully saturated rings. The fourth-order valence-corrected chi connectivity index (χ4v) is 4.75. The third kappa shape index (κ3) is 3.99. The van der Waals surface area contributed by atoms with Crippen molar-refractivity contribution in [2.45, 2.75) is 57.9 Å². The Morgan fingerprint density at radius 3 is 2.55 bits per heavy atom. The van der Waals surface area contributed by atoms with E-state index in [0.717, 1.165) is 11.3 Å². The van der Waals surface area contributed by atoms with Crippen LogP contribution in [-0.4, -0.2) is 26.8 Å². The van der Waals surface area contributed by atoms with E-state index in [2.05, 4.69) is 15.6 Å². The maximum Gasteiger partial charge on any atom is 0.254 e. The van der Waals surface area contributed by atoms with Crippen molar-refractivity contribution >= 4 is 23.5 Å². The number of carbonyl (C=O) groups is 2. The summed E-state index contributed by atoms with van der Waals surface area (Å²) in [6.45, 7) is 3.85. The van der Waals surface area contributed by atoms with Crippen molar-refractivity contribution in [1.82, 2.24) is 14.9 Å². The van der Waals surface area contributed by atoms with Crippen molar-refractivity contribution in [3.8, 4) is 11.3 Å². The van der Waals surface area contributed by atoms with Gasteiger partial charge >= 0.3 is 0 Å². The zero-order chi connectivity index (χ0) is 23.3. The highest BCUT2D eigenvalue weighted by Gasteiger charge is 2.53. The Morgan fingerprint density at radius 1 is 1.24 bits per heavy atom. The van der Waals surface area contributed by atoms with E-state index in [0.29, 0.717) is 28.5 Å². The fourth-order valence-electron chi connectivity index (χ4n) is 4.75. The number of amides is 2. The summed E-state index contributed by atoms with van der Waals surface area (Å²) in [4.78, 5) is 24.4. The van der Waals surface area contributed by atoms with Gasteiger partial charge in [0, 0.05) is 23.6 Å². The standard InChI is InChI=1S/C24H28N6O3/c1-13(2)30-22(25)20(23(26)32)21(28-30)15-5-3-14(4-6-15)9-18(31)27-19-10-17(29-33-19)16-11-24(12-16)7-8-24/h3-6,10,13,16H,7-9,11-12,25H2,1-2H3,(H2,26,32)(H,27,31). The number of anilines is 2. The van der Waals surface area contributed by atoms with Gasteiger partial charge in [0.25, 0.3) is 5.91 Å². The summed E-state index contributed by atoms with van der Waals surface area (Å²) >= 11 is 0. The molecule has 5 N–H and O–H groups in total. The molecule has 2 heterocycles. The number of rotatable bonds is 7. The number of aromatic nitrogens is 3. The molecule has 2 saturated carbocycles. The molecule has 1 aromatic carbocycles. The molecule has 0 saturated heterocycles. The molecule has 2 amide bonds. The number of nitrogens with one attached hydrogen (secondary N) is 1. The summed E-state index contributed by atoms with van der Waals surface area (Å²) in [6.07, 6.45) is 5.20. The van der Waals surface area contributed by atoms with Crippen LogP contribution in [0.25, 0.3) is 11.3 Å². The van der Waals surface area contributed by atoms with E-state index >= 15 is 0 Å². The molecule has 33 heavy (non-hydrogen) atoms. The summed E-state index contributed by atoms with van der Waals surface area (Å²) in [5.41, 5.74) is 15.3. The topological polar surface area (TPSA) is 142 Å². The lowest BCUT2D eigenvalue weighted by Gasteiger charge is -2.34. The number of nitrogens with zero attached hydrogens (tertiary/aromatic N) is 3. The van der Waals surface area contributed by atoms with Crippen LogP contribution in [0.1, 0.15) is 73.1 Å². The first kappa shape index (κ1) is 21.2. The molecule has 0 unspecified atom stereocenters. The summed E-state index contributed by atoms with van der Waals surface area (Å²) in [5.74, 6) is 0.260. The Hall–Kier alpha value is -3.62.